The van der Waals surface area contributed by atoms with Gasteiger partial charge in [0.25, 0.3) is 0 Å². The third kappa shape index (κ3) is 4.43. The zero-order valence-electron chi connectivity index (χ0n) is 6.28. The summed E-state index contributed by atoms with van der Waals surface area (Å²) in [4.78, 5) is 10.4. The van der Waals surface area contributed by atoms with Crippen molar-refractivity contribution in [1.82, 2.24) is 0 Å². The number of hydrogen-bond acceptors (Lipinski definition) is 1. The number of nitrogens with two attached hydrogens (primary N) is 1. The van der Waals surface area contributed by atoms with Crippen LogP contribution in [0.5, 0.6) is 0 Å². The molecule has 1 aromatic rings. The zero-order valence-corrected chi connectivity index (χ0v) is 9.10. The summed E-state index contributed by atoms with van der Waals surface area (Å²) in [6.07, 6.45) is 0. The molecule has 0 aliphatic carbocycles. The number of amides is 1. The summed E-state index contributed by atoms with van der Waals surface area (Å²) in [6.45, 7) is 0. The summed E-state index contributed by atoms with van der Waals surface area (Å²) in [5.74, 6) is -0.379. The van der Waals surface area contributed by atoms with Crippen LogP contribution in [0.1, 0.15) is 10.4 Å². The molecule has 0 heterocycles. The van der Waals surface area contributed by atoms with Gasteiger partial charge in [0.05, 0.1) is 0 Å². The molecule has 0 unspecified atom stereocenters. The van der Waals surface area contributed by atoms with E-state index in [1.165, 1.54) is 0 Å². The van der Waals surface area contributed by atoms with Gasteiger partial charge in [-0.15, -0.1) is 12.4 Å². The molecule has 0 bridgehead atoms. The first kappa shape index (κ1) is 13.6. The fraction of sp³-hybridized carbons (Fsp3) is 0. The number of hydrogen-bond donors (Lipinski definition) is 1. The van der Waals surface area contributed by atoms with Gasteiger partial charge in [-0.1, -0.05) is 18.2 Å². The summed E-state index contributed by atoms with van der Waals surface area (Å²) in [6, 6.07) is 8.76. The molecular weight excluding hydrogens is 173 g/mol. The molecule has 0 atom stereocenters. The van der Waals surface area contributed by atoms with Gasteiger partial charge in [0.2, 0.25) is 5.91 Å². The summed E-state index contributed by atoms with van der Waals surface area (Å²) >= 11 is 0. The van der Waals surface area contributed by atoms with Crippen molar-refractivity contribution in [3.63, 3.8) is 0 Å². The topological polar surface area (TPSA) is 43.1 Å². The average Bonchev–Trinajstić information content (AvgIpc) is 1.90. The van der Waals surface area contributed by atoms with Gasteiger partial charge in [-0.3, -0.25) is 4.79 Å². The van der Waals surface area contributed by atoms with Crippen LogP contribution in [-0.4, -0.2) is 35.5 Å². The van der Waals surface area contributed by atoms with Gasteiger partial charge in [0, 0.05) is 35.1 Å². The van der Waals surface area contributed by atoms with Gasteiger partial charge in [-0.2, -0.15) is 0 Å². The largest absolute Gasteiger partial charge is 0.366 e. The van der Waals surface area contributed by atoms with Gasteiger partial charge < -0.3 is 5.73 Å². The predicted octanol–water partition coefficient (Wildman–Crippen LogP) is 0.827. The van der Waals surface area contributed by atoms with Crippen molar-refractivity contribution in [3.05, 3.63) is 35.9 Å². The van der Waals surface area contributed by atoms with Gasteiger partial charge in [-0.05, 0) is 12.1 Å². The molecule has 1 rings (SSSR count). The summed E-state index contributed by atoms with van der Waals surface area (Å²) in [5.41, 5.74) is 5.53. The molecule has 1 aromatic carbocycles. The maximum Gasteiger partial charge on any atom is 0.248 e. The molecule has 1 radical (unpaired) electrons. The maximum absolute atomic E-state index is 10.4. The molecule has 4 heteroatoms. The molecule has 0 fully saturated rings. The molecule has 0 aliphatic heterocycles. The number of benzene rings is 1. The Morgan fingerprint density at radius 2 is 1.64 bits per heavy atom. The van der Waals surface area contributed by atoms with Crippen molar-refractivity contribution in [2.24, 2.45) is 5.73 Å². The Balaban J connectivity index is 0. The fourth-order valence-corrected chi connectivity index (χ4v) is 0.602. The molecule has 2 nitrogen and oxygen atoms in total. The Bertz CT molecular complexity index is 215. The van der Waals surface area contributed by atoms with Gasteiger partial charge >= 0.3 is 0 Å². The second-order valence-electron chi connectivity index (χ2n) is 1.73. The van der Waals surface area contributed by atoms with E-state index in [1.54, 1.807) is 24.3 Å². The third-order valence-electron chi connectivity index (χ3n) is 1.06. The molecule has 0 aromatic heterocycles. The Morgan fingerprint density at radius 1 is 1.18 bits per heavy atom. The second-order valence-corrected chi connectivity index (χ2v) is 1.73. The molecule has 11 heavy (non-hydrogen) atoms. The van der Waals surface area contributed by atoms with E-state index in [9.17, 15) is 4.79 Å². The summed E-state index contributed by atoms with van der Waals surface area (Å²) in [7, 11) is 0. The first-order valence-corrected chi connectivity index (χ1v) is 2.65. The number of carbonyl (C=O) groups is 1. The molecule has 55 valence electrons. The minimum Gasteiger partial charge on any atom is -0.366 e. The van der Waals surface area contributed by atoms with Crippen LogP contribution in [0.3, 0.4) is 0 Å². The Hall–Kier alpha value is -0.0200. The fourth-order valence-electron chi connectivity index (χ4n) is 0.602. The third-order valence-corrected chi connectivity index (χ3v) is 1.06. The standard InChI is InChI=1S/C7H7NO.ClH.Na/c8-7(9)6-4-2-1-3-5-6;;/h1-5H,(H2,8,9);1H;. The quantitative estimate of drug-likeness (QED) is 0.639. The Labute approximate surface area is 93.9 Å². The van der Waals surface area contributed by atoms with Gasteiger partial charge in [0.15, 0.2) is 0 Å². The Kier molecular flexibility index (Phi) is 8.23. The first-order chi connectivity index (χ1) is 4.30. The van der Waals surface area contributed by atoms with Gasteiger partial charge in [0.1, 0.15) is 0 Å². The van der Waals surface area contributed by atoms with Crippen molar-refractivity contribution in [2.45, 2.75) is 0 Å². The number of rotatable bonds is 1. The molecule has 0 saturated heterocycles. The van der Waals surface area contributed by atoms with E-state index in [1.807, 2.05) is 6.07 Å². The van der Waals surface area contributed by atoms with Crippen LogP contribution in [0.25, 0.3) is 0 Å². The average molecular weight is 181 g/mol. The van der Waals surface area contributed by atoms with E-state index >= 15 is 0 Å². The van der Waals surface area contributed by atoms with Crippen molar-refractivity contribution >= 4 is 47.9 Å². The minimum atomic E-state index is -0.379. The van der Waals surface area contributed by atoms with Crippen LogP contribution >= 0.6 is 12.4 Å². The number of primary amides is 1. The van der Waals surface area contributed by atoms with E-state index < -0.39 is 0 Å². The zero-order chi connectivity index (χ0) is 6.69. The van der Waals surface area contributed by atoms with E-state index in [0.717, 1.165) is 0 Å². The molecule has 0 aliphatic rings. The predicted molar refractivity (Wildman–Crippen MR) is 48.0 cm³/mol. The SMILES string of the molecule is Cl.NC(=O)c1ccccc1.[Na]. The minimum absolute atomic E-state index is 0. The molecule has 0 spiro atoms. The van der Waals surface area contributed by atoms with Crippen molar-refractivity contribution in [2.75, 3.05) is 0 Å². The monoisotopic (exact) mass is 180 g/mol. The van der Waals surface area contributed by atoms with E-state index in [-0.39, 0.29) is 47.9 Å². The van der Waals surface area contributed by atoms with Crippen LogP contribution in [0.15, 0.2) is 30.3 Å². The van der Waals surface area contributed by atoms with Crippen molar-refractivity contribution in [1.29, 1.82) is 0 Å². The van der Waals surface area contributed by atoms with Crippen LogP contribution in [0.2, 0.25) is 0 Å². The van der Waals surface area contributed by atoms with E-state index in [0.29, 0.717) is 5.56 Å². The summed E-state index contributed by atoms with van der Waals surface area (Å²) in [5, 5.41) is 0. The molecule has 2 N–H and O–H groups in total. The normalized spacial score (nSPS) is 7.27. The van der Waals surface area contributed by atoms with Crippen molar-refractivity contribution in [3.8, 4) is 0 Å². The Morgan fingerprint density at radius 3 is 1.91 bits per heavy atom. The summed E-state index contributed by atoms with van der Waals surface area (Å²) < 4.78 is 0. The molecular formula is C7H8ClNNaO. The van der Waals surface area contributed by atoms with E-state index in [4.69, 9.17) is 5.73 Å². The number of halogens is 1. The second kappa shape index (κ2) is 6.68. The first-order valence-electron chi connectivity index (χ1n) is 2.65. The maximum atomic E-state index is 10.4. The van der Waals surface area contributed by atoms with Crippen LogP contribution in [0, 0.1) is 0 Å². The van der Waals surface area contributed by atoms with Crippen LogP contribution in [0.4, 0.5) is 0 Å². The van der Waals surface area contributed by atoms with Crippen LogP contribution < -0.4 is 5.73 Å². The van der Waals surface area contributed by atoms with Gasteiger partial charge in [-0.25, -0.2) is 0 Å². The van der Waals surface area contributed by atoms with E-state index in [2.05, 4.69) is 0 Å². The number of carbonyl (C=O) groups excluding carboxylic acids is 1. The molecule has 0 saturated carbocycles. The van der Waals surface area contributed by atoms with Crippen LogP contribution in [-0.2, 0) is 0 Å². The molecule has 1 amide bonds. The smallest absolute Gasteiger partial charge is 0.248 e. The van der Waals surface area contributed by atoms with Crippen molar-refractivity contribution < 1.29 is 4.79 Å².